The lowest BCUT2D eigenvalue weighted by Gasteiger charge is -2.03. The molecule has 90 valence electrons. The van der Waals surface area contributed by atoms with Crippen molar-refractivity contribution in [2.24, 2.45) is 0 Å². The van der Waals surface area contributed by atoms with E-state index in [1.807, 2.05) is 24.3 Å². The van der Waals surface area contributed by atoms with Gasteiger partial charge in [-0.05, 0) is 18.2 Å². The Morgan fingerprint density at radius 2 is 2.00 bits per heavy atom. The molecule has 0 atom stereocenters. The lowest BCUT2D eigenvalue weighted by molar-refractivity contribution is 0.0603. The summed E-state index contributed by atoms with van der Waals surface area (Å²) in [6.45, 7) is 0. The number of fused-ring (bicyclic) bond motifs is 3. The number of nitrogens with one attached hydrogen (secondary N) is 1. The number of H-pyrrole nitrogens is 1. The van der Waals surface area contributed by atoms with Crippen LogP contribution in [0.2, 0.25) is 0 Å². The van der Waals surface area contributed by atoms with Crippen LogP contribution >= 0.6 is 0 Å². The summed E-state index contributed by atoms with van der Waals surface area (Å²) in [5.41, 5.74) is 8.83. The van der Waals surface area contributed by atoms with Crippen LogP contribution in [0, 0.1) is 0 Å². The average molecular weight is 240 g/mol. The predicted molar refractivity (Wildman–Crippen MR) is 71.6 cm³/mol. The molecule has 0 fully saturated rings. The summed E-state index contributed by atoms with van der Waals surface area (Å²) in [6, 6.07) is 11.2. The number of nitrogen functional groups attached to an aromatic ring is 1. The second-order valence-corrected chi connectivity index (χ2v) is 4.11. The molecule has 0 radical (unpaired) electrons. The van der Waals surface area contributed by atoms with Gasteiger partial charge >= 0.3 is 5.97 Å². The maximum Gasteiger partial charge on any atom is 0.339 e. The minimum atomic E-state index is -0.369. The number of nitrogens with two attached hydrogens (primary N) is 1. The third kappa shape index (κ3) is 1.35. The van der Waals surface area contributed by atoms with Crippen molar-refractivity contribution >= 4 is 33.5 Å². The molecule has 4 heteroatoms. The molecule has 0 bridgehead atoms. The van der Waals surface area contributed by atoms with E-state index in [-0.39, 0.29) is 5.97 Å². The number of rotatable bonds is 1. The lowest BCUT2D eigenvalue weighted by Crippen LogP contribution is -2.02. The highest BCUT2D eigenvalue weighted by Gasteiger charge is 2.15. The summed E-state index contributed by atoms with van der Waals surface area (Å²) < 4.78 is 4.78. The molecule has 0 amide bonds. The molecule has 1 aromatic heterocycles. The SMILES string of the molecule is COC(=O)c1ccc(N)c2c1[nH]c1ccccc12. The number of carbonyl (C=O) groups excluding carboxylic acids is 1. The maximum atomic E-state index is 11.7. The van der Waals surface area contributed by atoms with E-state index in [0.29, 0.717) is 11.3 Å². The monoisotopic (exact) mass is 240 g/mol. The molecule has 2 aromatic carbocycles. The first-order chi connectivity index (χ1) is 8.72. The van der Waals surface area contributed by atoms with Crippen molar-refractivity contribution in [2.75, 3.05) is 12.8 Å². The van der Waals surface area contributed by atoms with Gasteiger partial charge in [0.1, 0.15) is 0 Å². The molecule has 3 rings (SSSR count). The molecule has 0 saturated carbocycles. The summed E-state index contributed by atoms with van der Waals surface area (Å²) in [7, 11) is 1.37. The number of methoxy groups -OCH3 is 1. The standard InChI is InChI=1S/C14H12N2O2/c1-18-14(17)9-6-7-10(15)12-8-4-2-3-5-11(8)16-13(9)12/h2-7,16H,15H2,1H3. The fraction of sp³-hybridized carbons (Fsp3) is 0.0714. The van der Waals surface area contributed by atoms with Crippen molar-refractivity contribution < 1.29 is 9.53 Å². The molecular formula is C14H12N2O2. The van der Waals surface area contributed by atoms with Crippen LogP contribution in [0.3, 0.4) is 0 Å². The zero-order chi connectivity index (χ0) is 12.7. The molecule has 0 unspecified atom stereocenters. The number of para-hydroxylation sites is 1. The molecule has 1 heterocycles. The quantitative estimate of drug-likeness (QED) is 0.507. The van der Waals surface area contributed by atoms with Crippen LogP contribution in [0.1, 0.15) is 10.4 Å². The number of anilines is 1. The van der Waals surface area contributed by atoms with Gasteiger partial charge in [-0.25, -0.2) is 4.79 Å². The van der Waals surface area contributed by atoms with Crippen molar-refractivity contribution in [1.82, 2.24) is 4.98 Å². The van der Waals surface area contributed by atoms with Crippen LogP contribution in [0.5, 0.6) is 0 Å². The Labute approximate surface area is 103 Å². The van der Waals surface area contributed by atoms with Crippen LogP contribution in [0.4, 0.5) is 5.69 Å². The number of esters is 1. The molecule has 0 aliphatic heterocycles. The molecule has 0 saturated heterocycles. The van der Waals surface area contributed by atoms with E-state index in [0.717, 1.165) is 21.8 Å². The van der Waals surface area contributed by atoms with Gasteiger partial charge in [-0.2, -0.15) is 0 Å². The Morgan fingerprint density at radius 1 is 1.22 bits per heavy atom. The van der Waals surface area contributed by atoms with Crippen LogP contribution in [0.15, 0.2) is 36.4 Å². The Bertz CT molecular complexity index is 759. The first-order valence-corrected chi connectivity index (χ1v) is 5.59. The smallest absolute Gasteiger partial charge is 0.339 e. The van der Waals surface area contributed by atoms with E-state index in [1.54, 1.807) is 12.1 Å². The van der Waals surface area contributed by atoms with E-state index >= 15 is 0 Å². The molecule has 0 aliphatic rings. The number of aromatic amines is 1. The highest BCUT2D eigenvalue weighted by molar-refractivity contribution is 6.18. The molecule has 3 aromatic rings. The lowest BCUT2D eigenvalue weighted by atomic mass is 10.1. The summed E-state index contributed by atoms with van der Waals surface area (Å²) >= 11 is 0. The van der Waals surface area contributed by atoms with Gasteiger partial charge in [0, 0.05) is 22.0 Å². The number of ether oxygens (including phenoxy) is 1. The van der Waals surface area contributed by atoms with Crippen molar-refractivity contribution in [1.29, 1.82) is 0 Å². The Balaban J connectivity index is 2.49. The van der Waals surface area contributed by atoms with Gasteiger partial charge in [-0.15, -0.1) is 0 Å². The second kappa shape index (κ2) is 3.77. The summed E-state index contributed by atoms with van der Waals surface area (Å²) in [6.07, 6.45) is 0. The fourth-order valence-corrected chi connectivity index (χ4v) is 2.26. The van der Waals surface area contributed by atoms with Gasteiger partial charge in [0.15, 0.2) is 0 Å². The Hall–Kier alpha value is -2.49. The molecule has 0 spiro atoms. The highest BCUT2D eigenvalue weighted by atomic mass is 16.5. The van der Waals surface area contributed by atoms with Gasteiger partial charge in [0.05, 0.1) is 18.2 Å². The van der Waals surface area contributed by atoms with Crippen LogP contribution < -0.4 is 5.73 Å². The number of hydrogen-bond donors (Lipinski definition) is 2. The Kier molecular flexibility index (Phi) is 2.23. The van der Waals surface area contributed by atoms with Crippen molar-refractivity contribution in [3.05, 3.63) is 42.0 Å². The maximum absolute atomic E-state index is 11.7. The van der Waals surface area contributed by atoms with Crippen LogP contribution in [-0.4, -0.2) is 18.1 Å². The van der Waals surface area contributed by atoms with Gasteiger partial charge in [0.2, 0.25) is 0 Å². The average Bonchev–Trinajstić information content (AvgIpc) is 2.78. The summed E-state index contributed by atoms with van der Waals surface area (Å²) in [5, 5.41) is 1.88. The van der Waals surface area contributed by atoms with Crippen molar-refractivity contribution in [2.45, 2.75) is 0 Å². The van der Waals surface area contributed by atoms with Crippen LogP contribution in [-0.2, 0) is 4.74 Å². The molecule has 4 nitrogen and oxygen atoms in total. The molecule has 3 N–H and O–H groups in total. The number of hydrogen-bond acceptors (Lipinski definition) is 3. The van der Waals surface area contributed by atoms with Crippen molar-refractivity contribution in [3.8, 4) is 0 Å². The molecule has 0 aliphatic carbocycles. The fourth-order valence-electron chi connectivity index (χ4n) is 2.26. The van der Waals surface area contributed by atoms with E-state index in [2.05, 4.69) is 4.98 Å². The number of carbonyl (C=O) groups is 1. The third-order valence-corrected chi connectivity index (χ3v) is 3.10. The third-order valence-electron chi connectivity index (χ3n) is 3.10. The van der Waals surface area contributed by atoms with E-state index in [9.17, 15) is 4.79 Å². The normalized spacial score (nSPS) is 10.9. The zero-order valence-corrected chi connectivity index (χ0v) is 9.86. The van der Waals surface area contributed by atoms with Gasteiger partial charge < -0.3 is 15.5 Å². The predicted octanol–water partition coefficient (Wildman–Crippen LogP) is 2.69. The van der Waals surface area contributed by atoms with Crippen LogP contribution in [0.25, 0.3) is 21.8 Å². The second-order valence-electron chi connectivity index (χ2n) is 4.11. The van der Waals surface area contributed by atoms with E-state index in [1.165, 1.54) is 7.11 Å². The first-order valence-electron chi connectivity index (χ1n) is 5.59. The summed E-state index contributed by atoms with van der Waals surface area (Å²) in [5.74, 6) is -0.369. The van der Waals surface area contributed by atoms with Crippen molar-refractivity contribution in [3.63, 3.8) is 0 Å². The van der Waals surface area contributed by atoms with Gasteiger partial charge in [0.25, 0.3) is 0 Å². The zero-order valence-electron chi connectivity index (χ0n) is 9.86. The minimum absolute atomic E-state index is 0.369. The largest absolute Gasteiger partial charge is 0.465 e. The van der Waals surface area contributed by atoms with Gasteiger partial charge in [-0.3, -0.25) is 0 Å². The topological polar surface area (TPSA) is 68.1 Å². The van der Waals surface area contributed by atoms with E-state index in [4.69, 9.17) is 10.5 Å². The summed E-state index contributed by atoms with van der Waals surface area (Å²) in [4.78, 5) is 15.0. The van der Waals surface area contributed by atoms with Gasteiger partial charge in [-0.1, -0.05) is 18.2 Å². The first kappa shape index (κ1) is 10.7. The highest BCUT2D eigenvalue weighted by Crippen LogP contribution is 2.32. The van der Waals surface area contributed by atoms with E-state index < -0.39 is 0 Å². The Morgan fingerprint density at radius 3 is 2.78 bits per heavy atom. The molecular weight excluding hydrogens is 228 g/mol. The minimum Gasteiger partial charge on any atom is -0.465 e. The molecule has 18 heavy (non-hydrogen) atoms. The number of aromatic nitrogens is 1. The number of benzene rings is 2.